The monoisotopic (exact) mass is 250 g/mol. The van der Waals surface area contributed by atoms with E-state index in [1.807, 2.05) is 20.8 Å². The first-order chi connectivity index (χ1) is 7.01. The highest BCUT2D eigenvalue weighted by Crippen LogP contribution is 1.99. The quantitative estimate of drug-likeness (QED) is 0.716. The number of nitrogens with one attached hydrogen (secondary N) is 2. The molecule has 1 atom stereocenters. The van der Waals surface area contributed by atoms with E-state index >= 15 is 0 Å². The van der Waals surface area contributed by atoms with Gasteiger partial charge in [0.1, 0.15) is 9.84 Å². The van der Waals surface area contributed by atoms with Crippen LogP contribution in [0.5, 0.6) is 0 Å². The molecule has 0 saturated heterocycles. The Morgan fingerprint density at radius 3 is 2.19 bits per heavy atom. The zero-order chi connectivity index (χ0) is 13.0. The number of hydrogen-bond acceptors (Lipinski definition) is 4. The maximum absolute atomic E-state index is 11.6. The summed E-state index contributed by atoms with van der Waals surface area (Å²) >= 11 is 0. The Kier molecular flexibility index (Phi) is 5.41. The van der Waals surface area contributed by atoms with E-state index in [1.165, 1.54) is 6.26 Å². The van der Waals surface area contributed by atoms with Gasteiger partial charge in [-0.25, -0.2) is 8.42 Å². The summed E-state index contributed by atoms with van der Waals surface area (Å²) in [5, 5.41) is 5.69. The molecule has 1 amide bonds. The number of rotatable bonds is 5. The van der Waals surface area contributed by atoms with Crippen molar-refractivity contribution in [3.05, 3.63) is 0 Å². The Morgan fingerprint density at radius 2 is 1.81 bits per heavy atom. The van der Waals surface area contributed by atoms with E-state index in [9.17, 15) is 13.2 Å². The maximum Gasteiger partial charge on any atom is 0.237 e. The zero-order valence-corrected chi connectivity index (χ0v) is 11.4. The van der Waals surface area contributed by atoms with Crippen LogP contribution >= 0.6 is 0 Å². The Hall–Kier alpha value is -0.620. The van der Waals surface area contributed by atoms with Crippen molar-refractivity contribution in [2.75, 3.05) is 18.6 Å². The molecule has 0 aromatic rings. The van der Waals surface area contributed by atoms with Crippen LogP contribution in [0.4, 0.5) is 0 Å². The van der Waals surface area contributed by atoms with Gasteiger partial charge in [0.2, 0.25) is 5.91 Å². The normalized spacial score (nSPS) is 14.6. The molecular formula is C10H22N2O3S. The molecule has 0 heterocycles. The molecule has 0 bridgehead atoms. The summed E-state index contributed by atoms with van der Waals surface area (Å²) in [5.41, 5.74) is -0.274. The van der Waals surface area contributed by atoms with Gasteiger partial charge in [0.15, 0.2) is 0 Å². The van der Waals surface area contributed by atoms with E-state index in [2.05, 4.69) is 10.6 Å². The molecule has 0 aliphatic rings. The van der Waals surface area contributed by atoms with Crippen LogP contribution in [0, 0.1) is 0 Å². The number of carbonyl (C=O) groups excluding carboxylic acids is 1. The Labute approximate surface area is 97.9 Å². The fourth-order valence-corrected chi connectivity index (χ4v) is 1.52. The van der Waals surface area contributed by atoms with Gasteiger partial charge in [-0.1, -0.05) is 0 Å². The fourth-order valence-electron chi connectivity index (χ4n) is 1.03. The van der Waals surface area contributed by atoms with Gasteiger partial charge < -0.3 is 10.6 Å². The largest absolute Gasteiger partial charge is 0.350 e. The standard InChI is InChI=1S/C10H22N2O3S/c1-8(9(13)12-10(2,3)4)11-6-7-16(5,14)15/h8,11H,6-7H2,1-5H3,(H,12,13). The second-order valence-electron chi connectivity index (χ2n) is 5.04. The van der Waals surface area contributed by atoms with Gasteiger partial charge in [0.25, 0.3) is 0 Å². The summed E-state index contributed by atoms with van der Waals surface area (Å²) in [5.74, 6) is -0.0823. The molecule has 0 radical (unpaired) electrons. The lowest BCUT2D eigenvalue weighted by atomic mass is 10.1. The van der Waals surface area contributed by atoms with Crippen molar-refractivity contribution in [3.8, 4) is 0 Å². The van der Waals surface area contributed by atoms with Crippen molar-refractivity contribution < 1.29 is 13.2 Å². The first-order valence-electron chi connectivity index (χ1n) is 5.24. The van der Waals surface area contributed by atoms with Crippen LogP contribution in [0.1, 0.15) is 27.7 Å². The smallest absolute Gasteiger partial charge is 0.237 e. The maximum atomic E-state index is 11.6. The van der Waals surface area contributed by atoms with Gasteiger partial charge >= 0.3 is 0 Å². The number of hydrogen-bond donors (Lipinski definition) is 2. The van der Waals surface area contributed by atoms with Crippen LogP contribution < -0.4 is 10.6 Å². The molecule has 0 rings (SSSR count). The lowest BCUT2D eigenvalue weighted by Gasteiger charge is -2.23. The van der Waals surface area contributed by atoms with E-state index in [0.29, 0.717) is 0 Å². The highest BCUT2D eigenvalue weighted by atomic mass is 32.2. The van der Waals surface area contributed by atoms with Gasteiger partial charge in [0, 0.05) is 18.3 Å². The third-order valence-electron chi connectivity index (χ3n) is 1.81. The third kappa shape index (κ3) is 8.67. The summed E-state index contributed by atoms with van der Waals surface area (Å²) < 4.78 is 21.7. The van der Waals surface area contributed by atoms with E-state index in [1.54, 1.807) is 6.92 Å². The van der Waals surface area contributed by atoms with Crippen LogP contribution in [-0.4, -0.2) is 44.5 Å². The molecule has 0 aliphatic carbocycles. The number of amides is 1. The molecule has 16 heavy (non-hydrogen) atoms. The second-order valence-corrected chi connectivity index (χ2v) is 7.30. The molecule has 0 spiro atoms. The molecule has 1 unspecified atom stereocenters. The van der Waals surface area contributed by atoms with Gasteiger partial charge in [-0.05, 0) is 27.7 Å². The van der Waals surface area contributed by atoms with Gasteiger partial charge in [-0.15, -0.1) is 0 Å². The molecule has 6 heteroatoms. The van der Waals surface area contributed by atoms with Gasteiger partial charge in [0.05, 0.1) is 11.8 Å². The average Bonchev–Trinajstić information content (AvgIpc) is 1.98. The van der Waals surface area contributed by atoms with Gasteiger partial charge in [-0.2, -0.15) is 0 Å². The Bertz CT molecular complexity index is 330. The Morgan fingerprint density at radius 1 is 1.31 bits per heavy atom. The van der Waals surface area contributed by atoms with E-state index in [4.69, 9.17) is 0 Å². The van der Waals surface area contributed by atoms with Crippen LogP contribution in [0.25, 0.3) is 0 Å². The molecule has 0 fully saturated rings. The van der Waals surface area contributed by atoms with E-state index < -0.39 is 9.84 Å². The van der Waals surface area contributed by atoms with Crippen molar-refractivity contribution >= 4 is 15.7 Å². The average molecular weight is 250 g/mol. The summed E-state index contributed by atoms with van der Waals surface area (Å²) in [4.78, 5) is 11.6. The lowest BCUT2D eigenvalue weighted by molar-refractivity contribution is -0.124. The first-order valence-corrected chi connectivity index (χ1v) is 7.30. The van der Waals surface area contributed by atoms with Crippen LogP contribution in [-0.2, 0) is 14.6 Å². The van der Waals surface area contributed by atoms with Crippen molar-refractivity contribution in [3.63, 3.8) is 0 Å². The molecule has 0 aromatic carbocycles. The summed E-state index contributed by atoms with van der Waals surface area (Å²) in [6, 6.07) is -0.388. The first kappa shape index (κ1) is 15.4. The fraction of sp³-hybridized carbons (Fsp3) is 0.900. The molecule has 96 valence electrons. The number of sulfone groups is 1. The van der Waals surface area contributed by atoms with Crippen molar-refractivity contribution in [2.24, 2.45) is 0 Å². The predicted molar refractivity (Wildman–Crippen MR) is 65.1 cm³/mol. The number of carbonyl (C=O) groups is 1. The van der Waals surface area contributed by atoms with Crippen LogP contribution in [0.3, 0.4) is 0 Å². The van der Waals surface area contributed by atoms with Crippen molar-refractivity contribution in [1.29, 1.82) is 0 Å². The molecule has 0 saturated carbocycles. The van der Waals surface area contributed by atoms with Crippen LogP contribution in [0.15, 0.2) is 0 Å². The predicted octanol–water partition coefficient (Wildman–Crippen LogP) is -0.0762. The molecule has 0 aromatic heterocycles. The minimum atomic E-state index is -2.97. The summed E-state index contributed by atoms with van der Waals surface area (Å²) in [6.45, 7) is 7.69. The van der Waals surface area contributed by atoms with Gasteiger partial charge in [-0.3, -0.25) is 4.79 Å². The summed E-state index contributed by atoms with van der Waals surface area (Å²) in [6.07, 6.45) is 1.18. The topological polar surface area (TPSA) is 75.3 Å². The Balaban J connectivity index is 3.99. The minimum Gasteiger partial charge on any atom is -0.350 e. The molecule has 0 aliphatic heterocycles. The summed E-state index contributed by atoms with van der Waals surface area (Å²) in [7, 11) is -2.97. The molecule has 2 N–H and O–H groups in total. The highest BCUT2D eigenvalue weighted by Gasteiger charge is 2.18. The van der Waals surface area contributed by atoms with Crippen molar-refractivity contribution in [2.45, 2.75) is 39.3 Å². The second kappa shape index (κ2) is 5.63. The zero-order valence-electron chi connectivity index (χ0n) is 10.6. The SMILES string of the molecule is CC(NCCS(C)(=O)=O)C(=O)NC(C)(C)C. The highest BCUT2D eigenvalue weighted by molar-refractivity contribution is 7.90. The lowest BCUT2D eigenvalue weighted by Crippen LogP contribution is -2.50. The van der Waals surface area contributed by atoms with Crippen molar-refractivity contribution in [1.82, 2.24) is 10.6 Å². The minimum absolute atomic E-state index is 0.0418. The van der Waals surface area contributed by atoms with E-state index in [-0.39, 0.29) is 29.8 Å². The molecule has 5 nitrogen and oxygen atoms in total. The van der Waals surface area contributed by atoms with E-state index in [0.717, 1.165) is 0 Å². The van der Waals surface area contributed by atoms with Crippen LogP contribution in [0.2, 0.25) is 0 Å². The third-order valence-corrected chi connectivity index (χ3v) is 2.76. The molecular weight excluding hydrogens is 228 g/mol.